The summed E-state index contributed by atoms with van der Waals surface area (Å²) in [7, 11) is 0. The average Bonchev–Trinajstić information content (AvgIpc) is 2.14. The summed E-state index contributed by atoms with van der Waals surface area (Å²) in [4.78, 5) is 18.5. The molecule has 0 aliphatic carbocycles. The van der Waals surface area contributed by atoms with Crippen molar-refractivity contribution < 1.29 is 58.6 Å². The van der Waals surface area contributed by atoms with Crippen LogP contribution in [0.25, 0.3) is 0 Å². The maximum atomic E-state index is 11.9. The summed E-state index contributed by atoms with van der Waals surface area (Å²) in [5.74, 6) is -18.2. The molecule has 0 unspecified atom stereocenters. The summed E-state index contributed by atoms with van der Waals surface area (Å²) in [5, 5.41) is 7.12. The summed E-state index contributed by atoms with van der Waals surface area (Å²) in [6.07, 6.45) is -11.6. The van der Waals surface area contributed by atoms with Crippen LogP contribution in [0.4, 0.5) is 43.9 Å². The number of hydrogen-bond acceptors (Lipinski definition) is 2. The molecule has 0 radical (unpaired) electrons. The molecule has 0 saturated heterocycles. The molecule has 0 aromatic rings. The van der Waals surface area contributed by atoms with E-state index < -0.39 is 36.1 Å². The minimum atomic E-state index is -6.52. The summed E-state index contributed by atoms with van der Waals surface area (Å²) in [6, 6.07) is 0. The molecule has 0 atom stereocenters. The number of primary amides is 1. The van der Waals surface area contributed by atoms with Gasteiger partial charge in [-0.2, -0.15) is 43.9 Å². The Morgan fingerprint density at radius 3 is 1.10 bits per heavy atom. The Morgan fingerprint density at radius 1 is 0.800 bits per heavy atom. The van der Waals surface area contributed by atoms with E-state index in [9.17, 15) is 48.7 Å². The number of carboxylic acids is 1. The molecule has 3 N–H and O–H groups in total. The molecule has 0 aliphatic rings. The third-order valence-electron chi connectivity index (χ3n) is 1.30. The van der Waals surface area contributed by atoms with Gasteiger partial charge in [0.15, 0.2) is 0 Å². The number of amides is 1. The molecule has 0 fully saturated rings. The number of carbonyl (C=O) groups excluding carboxylic acids is 1. The molecule has 0 aromatic carbocycles. The maximum Gasteiger partial charge on any atom is 0.490 e. The molecular weight excluding hydrogens is 324 g/mol. The highest BCUT2D eigenvalue weighted by atomic mass is 19.4. The van der Waals surface area contributed by atoms with Crippen LogP contribution in [-0.2, 0) is 9.59 Å². The third-order valence-corrected chi connectivity index (χ3v) is 1.30. The smallest absolute Gasteiger partial charge is 0.475 e. The average molecular weight is 327 g/mol. The highest BCUT2D eigenvalue weighted by Gasteiger charge is 2.75. The highest BCUT2D eigenvalue weighted by Crippen LogP contribution is 2.46. The third kappa shape index (κ3) is 4.73. The van der Waals surface area contributed by atoms with Crippen molar-refractivity contribution >= 4 is 11.9 Å². The standard InChI is InChI=1S/C4H2F7NO.C2HF3O2/c5-2(6,1(12)13)3(7,8)4(9,10)11;3-2(4,5)1(6)7/h(H2,12,13);(H,6,7). The topological polar surface area (TPSA) is 80.4 Å². The lowest BCUT2D eigenvalue weighted by Crippen LogP contribution is -2.58. The van der Waals surface area contributed by atoms with E-state index in [0.717, 1.165) is 0 Å². The number of alkyl halides is 10. The Bertz CT molecular complexity index is 370. The number of rotatable bonds is 2. The van der Waals surface area contributed by atoms with Gasteiger partial charge in [0.1, 0.15) is 0 Å². The van der Waals surface area contributed by atoms with Gasteiger partial charge < -0.3 is 10.8 Å². The van der Waals surface area contributed by atoms with Gasteiger partial charge >= 0.3 is 30.2 Å². The Labute approximate surface area is 102 Å². The lowest BCUT2D eigenvalue weighted by molar-refractivity contribution is -0.343. The van der Waals surface area contributed by atoms with E-state index in [0.29, 0.717) is 0 Å². The lowest BCUT2D eigenvalue weighted by Gasteiger charge is -2.25. The minimum absolute atomic E-state index is 2.76. The second kappa shape index (κ2) is 5.70. The normalized spacial score (nSPS) is 13.3. The molecule has 20 heavy (non-hydrogen) atoms. The zero-order chi connectivity index (χ0) is 17.2. The van der Waals surface area contributed by atoms with Gasteiger partial charge in [-0.25, -0.2) is 4.79 Å². The molecule has 4 nitrogen and oxygen atoms in total. The van der Waals surface area contributed by atoms with Crippen LogP contribution in [0.2, 0.25) is 0 Å². The second-order valence-electron chi connectivity index (χ2n) is 2.81. The second-order valence-corrected chi connectivity index (χ2v) is 2.81. The van der Waals surface area contributed by atoms with Crippen LogP contribution in [0.3, 0.4) is 0 Å². The molecule has 0 spiro atoms. The van der Waals surface area contributed by atoms with Crippen LogP contribution < -0.4 is 5.73 Å². The van der Waals surface area contributed by atoms with Crippen LogP contribution in [0.1, 0.15) is 0 Å². The van der Waals surface area contributed by atoms with E-state index in [1.54, 1.807) is 0 Å². The molecule has 0 heterocycles. The van der Waals surface area contributed by atoms with Gasteiger partial charge in [-0.3, -0.25) is 4.79 Å². The Hall–Kier alpha value is -1.76. The number of hydrogen-bond donors (Lipinski definition) is 2. The van der Waals surface area contributed by atoms with Gasteiger partial charge in [-0.15, -0.1) is 0 Å². The van der Waals surface area contributed by atoms with Gasteiger partial charge in [-0.05, 0) is 0 Å². The first kappa shape index (κ1) is 20.6. The van der Waals surface area contributed by atoms with Crippen molar-refractivity contribution in [3.05, 3.63) is 0 Å². The Balaban J connectivity index is 0. The first-order chi connectivity index (χ1) is 8.39. The van der Waals surface area contributed by atoms with Crippen molar-refractivity contribution in [2.75, 3.05) is 0 Å². The fourth-order valence-corrected chi connectivity index (χ4v) is 0.333. The fourth-order valence-electron chi connectivity index (χ4n) is 0.333. The van der Waals surface area contributed by atoms with E-state index in [4.69, 9.17) is 9.90 Å². The monoisotopic (exact) mass is 327 g/mol. The molecule has 0 aliphatic heterocycles. The molecule has 1 amide bonds. The molecule has 120 valence electrons. The largest absolute Gasteiger partial charge is 0.490 e. The van der Waals surface area contributed by atoms with Crippen molar-refractivity contribution in [2.45, 2.75) is 24.2 Å². The van der Waals surface area contributed by atoms with E-state index in [1.807, 2.05) is 0 Å². The molecule has 0 bridgehead atoms. The summed E-state index contributed by atoms with van der Waals surface area (Å²) in [5.41, 5.74) is 3.68. The zero-order valence-corrected chi connectivity index (χ0v) is 8.62. The van der Waals surface area contributed by atoms with Crippen molar-refractivity contribution in [3.63, 3.8) is 0 Å². The van der Waals surface area contributed by atoms with Crippen molar-refractivity contribution in [3.8, 4) is 0 Å². The van der Waals surface area contributed by atoms with E-state index in [2.05, 4.69) is 5.73 Å². The molecule has 14 heteroatoms. The zero-order valence-electron chi connectivity index (χ0n) is 8.62. The van der Waals surface area contributed by atoms with E-state index in [-0.39, 0.29) is 0 Å². The number of aliphatic carboxylic acids is 1. The lowest BCUT2D eigenvalue weighted by atomic mass is 10.1. The van der Waals surface area contributed by atoms with Gasteiger partial charge in [0.25, 0.3) is 5.91 Å². The Morgan fingerprint density at radius 2 is 1.05 bits per heavy atom. The van der Waals surface area contributed by atoms with E-state index >= 15 is 0 Å². The van der Waals surface area contributed by atoms with Crippen LogP contribution >= 0.6 is 0 Å². The van der Waals surface area contributed by atoms with Crippen molar-refractivity contribution in [1.82, 2.24) is 0 Å². The highest BCUT2D eigenvalue weighted by molar-refractivity contribution is 5.83. The van der Waals surface area contributed by atoms with E-state index in [1.165, 1.54) is 0 Å². The van der Waals surface area contributed by atoms with Crippen LogP contribution in [0.5, 0.6) is 0 Å². The summed E-state index contributed by atoms with van der Waals surface area (Å²) >= 11 is 0. The van der Waals surface area contributed by atoms with Crippen molar-refractivity contribution in [2.24, 2.45) is 5.73 Å². The fraction of sp³-hybridized carbons (Fsp3) is 0.667. The molecule has 0 aromatic heterocycles. The van der Waals surface area contributed by atoms with Gasteiger partial charge in [0.2, 0.25) is 0 Å². The van der Waals surface area contributed by atoms with Crippen molar-refractivity contribution in [1.29, 1.82) is 0 Å². The van der Waals surface area contributed by atoms with Crippen LogP contribution in [-0.4, -0.2) is 41.2 Å². The molecule has 0 saturated carbocycles. The predicted molar refractivity (Wildman–Crippen MR) is 38.8 cm³/mol. The maximum absolute atomic E-state index is 11.9. The van der Waals surface area contributed by atoms with Gasteiger partial charge in [0, 0.05) is 0 Å². The number of carbonyl (C=O) groups is 2. The SMILES string of the molecule is NC(=O)C(F)(F)C(F)(F)C(F)(F)F.O=C(O)C(F)(F)F. The first-order valence-corrected chi connectivity index (χ1v) is 3.81. The van der Waals surface area contributed by atoms with Gasteiger partial charge in [0.05, 0.1) is 0 Å². The first-order valence-electron chi connectivity index (χ1n) is 3.81. The number of halogens is 10. The minimum Gasteiger partial charge on any atom is -0.475 e. The molecular formula is C6H3F10NO3. The van der Waals surface area contributed by atoms with Crippen LogP contribution in [0.15, 0.2) is 0 Å². The summed E-state index contributed by atoms with van der Waals surface area (Å²) < 4.78 is 113. The van der Waals surface area contributed by atoms with Crippen LogP contribution in [0, 0.1) is 0 Å². The predicted octanol–water partition coefficient (Wildman–Crippen LogP) is 1.94. The number of carboxylic acid groups (broad SMARTS) is 1. The quantitative estimate of drug-likeness (QED) is 0.761. The van der Waals surface area contributed by atoms with Gasteiger partial charge in [-0.1, -0.05) is 0 Å². The summed E-state index contributed by atoms with van der Waals surface area (Å²) in [6.45, 7) is 0. The Kier molecular flexibility index (Phi) is 5.86. The number of nitrogens with two attached hydrogens (primary N) is 1. The molecule has 0 rings (SSSR count).